The molecule has 1 aliphatic rings. The summed E-state index contributed by atoms with van der Waals surface area (Å²) < 4.78 is 5.39. The van der Waals surface area contributed by atoms with Gasteiger partial charge in [-0.05, 0) is 44.5 Å². The van der Waals surface area contributed by atoms with Crippen LogP contribution in [-0.2, 0) is 9.53 Å². The first-order chi connectivity index (χ1) is 11.0. The van der Waals surface area contributed by atoms with E-state index in [1.54, 1.807) is 0 Å². The topological polar surface area (TPSA) is 32.8 Å². The molecule has 0 unspecified atom stereocenters. The van der Waals surface area contributed by atoms with E-state index in [0.29, 0.717) is 6.54 Å². The van der Waals surface area contributed by atoms with Gasteiger partial charge >= 0.3 is 0 Å². The van der Waals surface area contributed by atoms with Crippen molar-refractivity contribution < 1.29 is 9.53 Å². The first kappa shape index (κ1) is 17.5. The largest absolute Gasteiger partial charge is 0.378 e. The van der Waals surface area contributed by atoms with Crippen molar-refractivity contribution in [2.45, 2.75) is 27.2 Å². The third kappa shape index (κ3) is 4.58. The lowest BCUT2D eigenvalue weighted by atomic mass is 10.0. The first-order valence-corrected chi connectivity index (χ1v) is 8.41. The molecule has 0 spiro atoms. The number of anilines is 2. The number of rotatable bonds is 6. The van der Waals surface area contributed by atoms with E-state index in [-0.39, 0.29) is 11.8 Å². The van der Waals surface area contributed by atoms with Crippen LogP contribution in [0.15, 0.2) is 36.4 Å². The van der Waals surface area contributed by atoms with Crippen molar-refractivity contribution in [1.82, 2.24) is 0 Å². The normalized spacial score (nSPS) is 16.0. The van der Waals surface area contributed by atoms with Crippen molar-refractivity contribution in [2.75, 3.05) is 42.6 Å². The maximum Gasteiger partial charge on any atom is 0.230 e. The molecule has 0 radical (unpaired) electrons. The molecule has 1 aliphatic heterocycles. The number of carbonyl (C=O) groups excluding carboxylic acids is 1. The second kappa shape index (κ2) is 8.16. The fourth-order valence-corrected chi connectivity index (χ4v) is 3.01. The van der Waals surface area contributed by atoms with Crippen LogP contribution in [0.5, 0.6) is 0 Å². The van der Waals surface area contributed by atoms with Crippen molar-refractivity contribution in [3.05, 3.63) is 36.4 Å². The van der Waals surface area contributed by atoms with Crippen LogP contribution in [0.3, 0.4) is 0 Å². The van der Waals surface area contributed by atoms with Gasteiger partial charge in [-0.2, -0.15) is 0 Å². The maximum absolute atomic E-state index is 12.7. The summed E-state index contributed by atoms with van der Waals surface area (Å²) in [6.07, 6.45) is 0.737. The molecule has 0 saturated carbocycles. The van der Waals surface area contributed by atoms with E-state index in [4.69, 9.17) is 4.74 Å². The molecule has 1 heterocycles. The Labute approximate surface area is 139 Å². The average Bonchev–Trinajstić information content (AvgIpc) is 2.56. The summed E-state index contributed by atoms with van der Waals surface area (Å²) in [5.74, 6) is 0.126. The third-order valence-electron chi connectivity index (χ3n) is 4.20. The first-order valence-electron chi connectivity index (χ1n) is 8.41. The smallest absolute Gasteiger partial charge is 0.230 e. The van der Waals surface area contributed by atoms with Crippen molar-refractivity contribution in [3.63, 3.8) is 0 Å². The lowest BCUT2D eigenvalue weighted by molar-refractivity contribution is -0.121. The summed E-state index contributed by atoms with van der Waals surface area (Å²) in [5, 5.41) is 0. The fraction of sp³-hybridized carbons (Fsp3) is 0.526. The highest BCUT2D eigenvalue weighted by molar-refractivity contribution is 5.95. The number of ether oxygens (including phenoxy) is 1. The molecule has 1 atom stereocenters. The van der Waals surface area contributed by atoms with Crippen LogP contribution in [0, 0.1) is 5.92 Å². The Hall–Kier alpha value is -1.81. The van der Waals surface area contributed by atoms with E-state index in [9.17, 15) is 4.79 Å². The number of carbonyl (C=O) groups is 1. The van der Waals surface area contributed by atoms with Gasteiger partial charge in [0.25, 0.3) is 0 Å². The van der Waals surface area contributed by atoms with Gasteiger partial charge in [0.15, 0.2) is 0 Å². The van der Waals surface area contributed by atoms with Crippen molar-refractivity contribution in [1.29, 1.82) is 0 Å². The number of morpholine rings is 1. The number of amides is 1. The summed E-state index contributed by atoms with van der Waals surface area (Å²) in [7, 11) is 0. The summed E-state index contributed by atoms with van der Waals surface area (Å²) >= 11 is 0. The van der Waals surface area contributed by atoms with Crippen molar-refractivity contribution in [3.8, 4) is 0 Å². The third-order valence-corrected chi connectivity index (χ3v) is 4.20. The van der Waals surface area contributed by atoms with Crippen molar-refractivity contribution >= 4 is 17.3 Å². The van der Waals surface area contributed by atoms with E-state index in [2.05, 4.69) is 23.6 Å². The molecule has 23 heavy (non-hydrogen) atoms. The van der Waals surface area contributed by atoms with Crippen LogP contribution in [0.4, 0.5) is 11.4 Å². The Morgan fingerprint density at radius 2 is 1.91 bits per heavy atom. The van der Waals surface area contributed by atoms with E-state index in [0.717, 1.165) is 44.0 Å². The molecule has 4 nitrogen and oxygen atoms in total. The Morgan fingerprint density at radius 3 is 2.43 bits per heavy atom. The summed E-state index contributed by atoms with van der Waals surface area (Å²) in [4.78, 5) is 16.8. The Morgan fingerprint density at radius 1 is 1.30 bits per heavy atom. The fourth-order valence-electron chi connectivity index (χ4n) is 3.01. The lowest BCUT2D eigenvalue weighted by Crippen LogP contribution is -2.36. The Balaban J connectivity index is 2.08. The highest BCUT2D eigenvalue weighted by Crippen LogP contribution is 2.24. The molecule has 0 aromatic heterocycles. The predicted molar refractivity (Wildman–Crippen MR) is 96.1 cm³/mol. The van der Waals surface area contributed by atoms with E-state index < -0.39 is 0 Å². The summed E-state index contributed by atoms with van der Waals surface area (Å²) in [6, 6.07) is 8.28. The number of allylic oxidation sites excluding steroid dienone is 1. The molecule has 4 heteroatoms. The monoisotopic (exact) mass is 316 g/mol. The predicted octanol–water partition coefficient (Wildman–Crippen LogP) is 3.48. The minimum absolute atomic E-state index is 0.0358. The van der Waals surface area contributed by atoms with Gasteiger partial charge < -0.3 is 14.5 Å². The zero-order valence-corrected chi connectivity index (χ0v) is 14.5. The Kier molecular flexibility index (Phi) is 6.22. The molecule has 126 valence electrons. The molecule has 1 aromatic carbocycles. The maximum atomic E-state index is 12.7. The molecular formula is C19H28N2O2. The highest BCUT2D eigenvalue weighted by Gasteiger charge is 2.21. The van der Waals surface area contributed by atoms with Gasteiger partial charge in [-0.15, -0.1) is 6.58 Å². The molecule has 0 N–H and O–H groups in total. The van der Waals surface area contributed by atoms with Crippen LogP contribution in [0.25, 0.3) is 0 Å². The molecule has 0 aliphatic carbocycles. The van der Waals surface area contributed by atoms with Crippen LogP contribution in [-0.4, -0.2) is 38.8 Å². The minimum atomic E-state index is -0.0358. The Bertz CT molecular complexity index is 533. The molecule has 0 bridgehead atoms. The van der Waals surface area contributed by atoms with E-state index in [1.807, 2.05) is 37.8 Å². The molecular weight excluding hydrogens is 288 g/mol. The number of hydrogen-bond donors (Lipinski definition) is 0. The highest BCUT2D eigenvalue weighted by atomic mass is 16.5. The van der Waals surface area contributed by atoms with Crippen LogP contribution in [0.2, 0.25) is 0 Å². The number of nitrogens with zero attached hydrogens (tertiary/aromatic N) is 2. The van der Waals surface area contributed by atoms with E-state index >= 15 is 0 Å². The molecule has 1 aromatic rings. The molecule has 1 saturated heterocycles. The molecule has 1 fully saturated rings. The zero-order valence-electron chi connectivity index (χ0n) is 14.5. The SMILES string of the molecule is C=C(C)C[C@@H](C)C(=O)N(CC)c1ccc(N2CCOCC2)cc1. The second-order valence-electron chi connectivity index (χ2n) is 6.26. The van der Waals surface area contributed by atoms with Gasteiger partial charge in [0.05, 0.1) is 13.2 Å². The van der Waals surface area contributed by atoms with Crippen LogP contribution in [0.1, 0.15) is 27.2 Å². The lowest BCUT2D eigenvalue weighted by Gasteiger charge is -2.30. The van der Waals surface area contributed by atoms with Gasteiger partial charge in [0.2, 0.25) is 5.91 Å². The quantitative estimate of drug-likeness (QED) is 0.753. The molecule has 1 amide bonds. The standard InChI is InChI=1S/C19H28N2O2/c1-5-21(19(22)16(4)14-15(2)3)18-8-6-17(7-9-18)20-10-12-23-13-11-20/h6-9,16H,2,5,10-14H2,1,3-4H3/t16-/m1/s1. The van der Waals surface area contributed by atoms with Gasteiger partial charge in [-0.25, -0.2) is 0 Å². The number of hydrogen-bond acceptors (Lipinski definition) is 3. The summed E-state index contributed by atoms with van der Waals surface area (Å²) in [5.41, 5.74) is 3.20. The zero-order chi connectivity index (χ0) is 16.8. The van der Waals surface area contributed by atoms with Gasteiger partial charge in [-0.3, -0.25) is 4.79 Å². The van der Waals surface area contributed by atoms with Gasteiger partial charge in [0, 0.05) is 36.9 Å². The average molecular weight is 316 g/mol. The second-order valence-corrected chi connectivity index (χ2v) is 6.26. The van der Waals surface area contributed by atoms with Gasteiger partial charge in [0.1, 0.15) is 0 Å². The number of benzene rings is 1. The minimum Gasteiger partial charge on any atom is -0.378 e. The van der Waals surface area contributed by atoms with Crippen LogP contribution >= 0.6 is 0 Å². The van der Waals surface area contributed by atoms with Crippen LogP contribution < -0.4 is 9.80 Å². The van der Waals surface area contributed by atoms with E-state index in [1.165, 1.54) is 5.69 Å². The van der Waals surface area contributed by atoms with Crippen molar-refractivity contribution in [2.24, 2.45) is 5.92 Å². The summed E-state index contributed by atoms with van der Waals surface area (Å²) in [6.45, 7) is 13.9. The van der Waals surface area contributed by atoms with Gasteiger partial charge in [-0.1, -0.05) is 12.5 Å². The molecule has 2 rings (SSSR count).